The maximum Gasteiger partial charge on any atom is 0.253 e. The molecule has 1 atom stereocenters. The van der Waals surface area contributed by atoms with Gasteiger partial charge in [0.1, 0.15) is 0 Å². The Labute approximate surface area is 128 Å². The van der Waals surface area contributed by atoms with Crippen molar-refractivity contribution >= 4 is 5.91 Å². The van der Waals surface area contributed by atoms with Crippen LogP contribution in [0.15, 0.2) is 30.3 Å². The first-order chi connectivity index (χ1) is 9.94. The molecule has 1 aromatic carbocycles. The van der Waals surface area contributed by atoms with Gasteiger partial charge in [0.05, 0.1) is 0 Å². The van der Waals surface area contributed by atoms with E-state index in [2.05, 4.69) is 32.6 Å². The number of nitrogens with zero attached hydrogens (tertiary/aromatic N) is 2. The van der Waals surface area contributed by atoms with Gasteiger partial charge in [-0.2, -0.15) is 0 Å². The summed E-state index contributed by atoms with van der Waals surface area (Å²) in [6.45, 7) is 12.8. The normalized spacial score (nSPS) is 20.3. The molecular weight excluding hydrogens is 260 g/mol. The van der Waals surface area contributed by atoms with Crippen molar-refractivity contribution in [3.63, 3.8) is 0 Å². The predicted octanol–water partition coefficient (Wildman–Crippen LogP) is 3.27. The number of carbonyl (C=O) groups excluding carboxylic acids is 1. The molecule has 0 N–H and O–H groups in total. The van der Waals surface area contributed by atoms with Crippen molar-refractivity contribution in [2.45, 2.75) is 39.7 Å². The first-order valence-corrected chi connectivity index (χ1v) is 8.03. The second-order valence-electron chi connectivity index (χ2n) is 6.86. The zero-order valence-electron chi connectivity index (χ0n) is 13.8. The third-order valence-electron chi connectivity index (χ3n) is 4.61. The zero-order valence-corrected chi connectivity index (χ0v) is 13.8. The van der Waals surface area contributed by atoms with Crippen LogP contribution in [-0.4, -0.2) is 47.4 Å². The summed E-state index contributed by atoms with van der Waals surface area (Å²) in [5.41, 5.74) is 0.843. The first kappa shape index (κ1) is 16.0. The summed E-state index contributed by atoms with van der Waals surface area (Å²) in [7, 11) is 0. The minimum Gasteiger partial charge on any atom is -0.336 e. The van der Waals surface area contributed by atoms with Crippen molar-refractivity contribution in [1.29, 1.82) is 0 Å². The lowest BCUT2D eigenvalue weighted by Gasteiger charge is -2.48. The Morgan fingerprint density at radius 2 is 1.90 bits per heavy atom. The van der Waals surface area contributed by atoms with E-state index in [1.54, 1.807) is 0 Å². The standard InChI is InChI=1S/C18H28N2O/c1-5-15(2)13-20-12-11-19(14-18(20,3)4)17(21)16-9-7-6-8-10-16/h6-10,15H,5,11-14H2,1-4H3. The van der Waals surface area contributed by atoms with Gasteiger partial charge in [0.2, 0.25) is 0 Å². The summed E-state index contributed by atoms with van der Waals surface area (Å²) in [6, 6.07) is 9.61. The Morgan fingerprint density at radius 3 is 2.48 bits per heavy atom. The van der Waals surface area contributed by atoms with Gasteiger partial charge in [-0.3, -0.25) is 9.69 Å². The van der Waals surface area contributed by atoms with Crippen molar-refractivity contribution in [3.05, 3.63) is 35.9 Å². The number of hydrogen-bond donors (Lipinski definition) is 0. The molecule has 21 heavy (non-hydrogen) atoms. The largest absolute Gasteiger partial charge is 0.336 e. The van der Waals surface area contributed by atoms with Crippen molar-refractivity contribution in [2.24, 2.45) is 5.92 Å². The number of carbonyl (C=O) groups is 1. The zero-order chi connectivity index (χ0) is 15.5. The topological polar surface area (TPSA) is 23.6 Å². The Morgan fingerprint density at radius 1 is 1.24 bits per heavy atom. The molecule has 3 nitrogen and oxygen atoms in total. The van der Waals surface area contributed by atoms with Gasteiger partial charge < -0.3 is 4.90 Å². The van der Waals surface area contributed by atoms with Crippen molar-refractivity contribution in [2.75, 3.05) is 26.2 Å². The molecule has 3 heteroatoms. The van der Waals surface area contributed by atoms with E-state index >= 15 is 0 Å². The van der Waals surface area contributed by atoms with Crippen molar-refractivity contribution in [1.82, 2.24) is 9.80 Å². The van der Waals surface area contributed by atoms with E-state index in [4.69, 9.17) is 0 Å². The Balaban J connectivity index is 2.03. The van der Waals surface area contributed by atoms with Gasteiger partial charge in [-0.15, -0.1) is 0 Å². The van der Waals surface area contributed by atoms with E-state index < -0.39 is 0 Å². The first-order valence-electron chi connectivity index (χ1n) is 8.03. The average Bonchev–Trinajstić information content (AvgIpc) is 2.49. The predicted molar refractivity (Wildman–Crippen MR) is 87.5 cm³/mol. The van der Waals surface area contributed by atoms with Crippen LogP contribution in [0.25, 0.3) is 0 Å². The molecule has 0 radical (unpaired) electrons. The fourth-order valence-corrected chi connectivity index (χ4v) is 2.97. The molecule has 1 fully saturated rings. The van der Waals surface area contributed by atoms with Crippen LogP contribution >= 0.6 is 0 Å². The molecule has 1 unspecified atom stereocenters. The molecule has 2 rings (SSSR count). The molecule has 0 aliphatic carbocycles. The van der Waals surface area contributed by atoms with Gasteiger partial charge in [0.15, 0.2) is 0 Å². The molecule has 1 aliphatic rings. The van der Waals surface area contributed by atoms with Crippen LogP contribution < -0.4 is 0 Å². The molecule has 0 bridgehead atoms. The number of amides is 1. The van der Waals surface area contributed by atoms with Gasteiger partial charge in [-0.1, -0.05) is 38.5 Å². The number of rotatable bonds is 4. The summed E-state index contributed by atoms with van der Waals surface area (Å²) in [4.78, 5) is 17.1. The average molecular weight is 288 g/mol. The molecule has 116 valence electrons. The molecular formula is C18H28N2O. The van der Waals surface area contributed by atoms with E-state index in [1.807, 2.05) is 35.2 Å². The maximum atomic E-state index is 12.6. The van der Waals surface area contributed by atoms with Crippen molar-refractivity contribution in [3.8, 4) is 0 Å². The number of benzene rings is 1. The molecule has 1 aliphatic heterocycles. The van der Waals surface area contributed by atoms with Gasteiger partial charge in [-0.25, -0.2) is 0 Å². The SMILES string of the molecule is CCC(C)CN1CCN(C(=O)c2ccccc2)CC1(C)C. The minimum absolute atomic E-state index is 0.0477. The molecule has 1 amide bonds. The Kier molecular flexibility index (Phi) is 5.04. The maximum absolute atomic E-state index is 12.6. The summed E-state index contributed by atoms with van der Waals surface area (Å²) in [6.07, 6.45) is 1.21. The number of piperazine rings is 1. The number of hydrogen-bond acceptors (Lipinski definition) is 2. The van der Waals surface area contributed by atoms with Gasteiger partial charge in [0.25, 0.3) is 5.91 Å². The van der Waals surface area contributed by atoms with E-state index in [0.717, 1.165) is 31.7 Å². The van der Waals surface area contributed by atoms with Crippen LogP contribution in [0.5, 0.6) is 0 Å². The summed E-state index contributed by atoms with van der Waals surface area (Å²) in [5.74, 6) is 0.868. The second kappa shape index (κ2) is 6.61. The van der Waals surface area contributed by atoms with Crippen LogP contribution in [0.1, 0.15) is 44.5 Å². The molecule has 1 heterocycles. The fraction of sp³-hybridized carbons (Fsp3) is 0.611. The molecule has 0 spiro atoms. The Bertz CT molecular complexity index is 469. The molecule has 0 saturated carbocycles. The lowest BCUT2D eigenvalue weighted by atomic mass is 9.95. The highest BCUT2D eigenvalue weighted by Gasteiger charge is 2.35. The molecule has 0 aromatic heterocycles. The van der Waals surface area contributed by atoms with E-state index in [0.29, 0.717) is 5.92 Å². The van der Waals surface area contributed by atoms with Crippen LogP contribution in [-0.2, 0) is 0 Å². The van der Waals surface area contributed by atoms with Crippen LogP contribution in [0.4, 0.5) is 0 Å². The van der Waals surface area contributed by atoms with Crippen LogP contribution in [0.3, 0.4) is 0 Å². The smallest absolute Gasteiger partial charge is 0.253 e. The van der Waals surface area contributed by atoms with Crippen LogP contribution in [0, 0.1) is 5.92 Å². The highest BCUT2D eigenvalue weighted by atomic mass is 16.2. The highest BCUT2D eigenvalue weighted by Crippen LogP contribution is 2.24. The minimum atomic E-state index is 0.0477. The second-order valence-corrected chi connectivity index (χ2v) is 6.86. The summed E-state index contributed by atoms with van der Waals surface area (Å²) in [5, 5.41) is 0. The fourth-order valence-electron chi connectivity index (χ4n) is 2.97. The third kappa shape index (κ3) is 3.85. The van der Waals surface area contributed by atoms with Gasteiger partial charge in [-0.05, 0) is 31.9 Å². The monoisotopic (exact) mass is 288 g/mol. The Hall–Kier alpha value is -1.35. The third-order valence-corrected chi connectivity index (χ3v) is 4.61. The summed E-state index contributed by atoms with van der Waals surface area (Å²) >= 11 is 0. The van der Waals surface area contributed by atoms with Gasteiger partial charge in [0, 0.05) is 37.3 Å². The van der Waals surface area contributed by atoms with Crippen molar-refractivity contribution < 1.29 is 4.79 Å². The lowest BCUT2D eigenvalue weighted by molar-refractivity contribution is 0.0113. The quantitative estimate of drug-likeness (QED) is 0.849. The summed E-state index contributed by atoms with van der Waals surface area (Å²) < 4.78 is 0. The lowest BCUT2D eigenvalue weighted by Crippen LogP contribution is -2.61. The van der Waals surface area contributed by atoms with Gasteiger partial charge >= 0.3 is 0 Å². The highest BCUT2D eigenvalue weighted by molar-refractivity contribution is 5.94. The van der Waals surface area contributed by atoms with E-state index in [9.17, 15) is 4.79 Å². The van der Waals surface area contributed by atoms with Crippen LogP contribution in [0.2, 0.25) is 0 Å². The van der Waals surface area contributed by atoms with E-state index in [1.165, 1.54) is 6.42 Å². The van der Waals surface area contributed by atoms with E-state index in [-0.39, 0.29) is 11.4 Å². The molecule has 1 aromatic rings. The molecule has 1 saturated heterocycles.